The van der Waals surface area contributed by atoms with Crippen LogP contribution in [0.2, 0.25) is 0 Å². The molecule has 0 spiro atoms. The number of carbonyl (C=O) groups excluding carboxylic acids is 1. The Labute approximate surface area is 123 Å². The summed E-state index contributed by atoms with van der Waals surface area (Å²) in [5.41, 5.74) is 8.66. The molecule has 3 rings (SSSR count). The average molecular weight is 282 g/mol. The fourth-order valence-corrected chi connectivity index (χ4v) is 2.72. The van der Waals surface area contributed by atoms with Gasteiger partial charge in [-0.15, -0.1) is 0 Å². The molecule has 0 aliphatic heterocycles. The van der Waals surface area contributed by atoms with Crippen LogP contribution in [0.25, 0.3) is 11.1 Å². The van der Waals surface area contributed by atoms with E-state index in [1.54, 1.807) is 0 Å². The first-order valence-corrected chi connectivity index (χ1v) is 7.06. The lowest BCUT2D eigenvalue weighted by Crippen LogP contribution is -2.34. The Morgan fingerprint density at radius 2 is 1.71 bits per heavy atom. The second-order valence-corrected chi connectivity index (χ2v) is 5.51. The molecule has 0 heterocycles. The van der Waals surface area contributed by atoms with Crippen LogP contribution in [0.4, 0.5) is 4.79 Å². The van der Waals surface area contributed by atoms with Crippen molar-refractivity contribution in [3.05, 3.63) is 60.2 Å². The third-order valence-electron chi connectivity index (χ3n) is 4.03. The van der Waals surface area contributed by atoms with Gasteiger partial charge in [-0.3, -0.25) is 5.21 Å². The topological polar surface area (TPSA) is 66.6 Å². The highest BCUT2D eigenvalue weighted by Crippen LogP contribution is 2.47. The van der Waals surface area contributed by atoms with Crippen LogP contribution in [0.5, 0.6) is 0 Å². The molecule has 1 fully saturated rings. The van der Waals surface area contributed by atoms with Gasteiger partial charge in [0.05, 0.1) is 6.54 Å². The van der Waals surface area contributed by atoms with Gasteiger partial charge in [0.2, 0.25) is 0 Å². The lowest BCUT2D eigenvalue weighted by atomic mass is 10.0. The minimum Gasteiger partial charge on any atom is -0.350 e. The highest BCUT2D eigenvalue weighted by molar-refractivity contribution is 5.70. The Balaban J connectivity index is 1.65. The first-order chi connectivity index (χ1) is 10.1. The number of hydrogen-bond acceptors (Lipinski definition) is 2. The number of carbonyl (C=O) groups is 1. The van der Waals surface area contributed by atoms with Gasteiger partial charge >= 0.3 is 6.03 Å². The maximum absolute atomic E-state index is 10.8. The van der Waals surface area contributed by atoms with Crippen LogP contribution in [0.3, 0.4) is 0 Å². The van der Waals surface area contributed by atoms with Gasteiger partial charge in [-0.1, -0.05) is 54.6 Å². The standard InChI is InChI=1S/C17H18N2O2/c18-17(20)19(21)11-15-10-16(15)14-8-6-13(7-9-14)12-4-2-1-3-5-12/h1-9,15-16,21H,10-11H2,(H2,18,20)/t15-,16-/m0/s1. The zero-order valence-electron chi connectivity index (χ0n) is 11.6. The van der Waals surface area contributed by atoms with Gasteiger partial charge in [-0.05, 0) is 34.9 Å². The van der Waals surface area contributed by atoms with E-state index in [9.17, 15) is 10.0 Å². The number of hydroxylamine groups is 2. The number of benzene rings is 2. The van der Waals surface area contributed by atoms with Crippen LogP contribution in [0.1, 0.15) is 17.9 Å². The summed E-state index contributed by atoms with van der Waals surface area (Å²) in [7, 11) is 0. The zero-order valence-corrected chi connectivity index (χ0v) is 11.6. The third kappa shape index (κ3) is 3.06. The molecule has 0 saturated heterocycles. The summed E-state index contributed by atoms with van der Waals surface area (Å²) < 4.78 is 0. The summed E-state index contributed by atoms with van der Waals surface area (Å²) in [6.45, 7) is 0.306. The maximum Gasteiger partial charge on any atom is 0.338 e. The second kappa shape index (κ2) is 5.58. The van der Waals surface area contributed by atoms with Crippen LogP contribution in [0.15, 0.2) is 54.6 Å². The lowest BCUT2D eigenvalue weighted by molar-refractivity contribution is -0.0431. The number of nitrogens with zero attached hydrogens (tertiary/aromatic N) is 1. The summed E-state index contributed by atoms with van der Waals surface area (Å²) in [6.07, 6.45) is 0.981. The van der Waals surface area contributed by atoms with Crippen molar-refractivity contribution >= 4 is 6.03 Å². The quantitative estimate of drug-likeness (QED) is 0.668. The van der Waals surface area contributed by atoms with Gasteiger partial charge in [-0.2, -0.15) is 0 Å². The molecule has 0 aromatic heterocycles. The van der Waals surface area contributed by atoms with E-state index in [4.69, 9.17) is 5.73 Å². The van der Waals surface area contributed by atoms with Crippen molar-refractivity contribution in [1.82, 2.24) is 5.06 Å². The van der Waals surface area contributed by atoms with Crippen molar-refractivity contribution in [2.45, 2.75) is 12.3 Å². The van der Waals surface area contributed by atoms with Crippen molar-refractivity contribution in [1.29, 1.82) is 0 Å². The molecule has 4 heteroatoms. The molecule has 3 N–H and O–H groups in total. The highest BCUT2D eigenvalue weighted by atomic mass is 16.5. The molecule has 0 unspecified atom stereocenters. The van der Waals surface area contributed by atoms with Gasteiger partial charge in [-0.25, -0.2) is 9.86 Å². The van der Waals surface area contributed by atoms with E-state index in [-0.39, 0.29) is 0 Å². The summed E-state index contributed by atoms with van der Waals surface area (Å²) in [5.74, 6) is 0.703. The van der Waals surface area contributed by atoms with E-state index in [2.05, 4.69) is 36.4 Å². The molecule has 2 atom stereocenters. The van der Waals surface area contributed by atoms with Crippen molar-refractivity contribution in [2.75, 3.05) is 6.54 Å². The van der Waals surface area contributed by atoms with Crippen LogP contribution < -0.4 is 5.73 Å². The predicted molar refractivity (Wildman–Crippen MR) is 80.8 cm³/mol. The van der Waals surface area contributed by atoms with Crippen molar-refractivity contribution in [3.63, 3.8) is 0 Å². The van der Waals surface area contributed by atoms with Gasteiger partial charge in [0, 0.05) is 0 Å². The van der Waals surface area contributed by atoms with Gasteiger partial charge < -0.3 is 5.73 Å². The normalized spacial score (nSPS) is 20.0. The van der Waals surface area contributed by atoms with Gasteiger partial charge in [0.1, 0.15) is 0 Å². The maximum atomic E-state index is 10.8. The summed E-state index contributed by atoms with van der Waals surface area (Å²) in [4.78, 5) is 10.8. The fourth-order valence-electron chi connectivity index (χ4n) is 2.72. The molecule has 1 aliphatic rings. The number of rotatable bonds is 4. The first-order valence-electron chi connectivity index (χ1n) is 7.06. The molecule has 2 amide bonds. The summed E-state index contributed by atoms with van der Waals surface area (Å²) >= 11 is 0. The monoisotopic (exact) mass is 282 g/mol. The lowest BCUT2D eigenvalue weighted by Gasteiger charge is -2.11. The van der Waals surface area contributed by atoms with E-state index < -0.39 is 6.03 Å². The first kappa shape index (κ1) is 13.6. The SMILES string of the molecule is NC(=O)N(O)C[C@@H]1C[C@H]1c1ccc(-c2ccccc2)cc1. The molecule has 1 aliphatic carbocycles. The Morgan fingerprint density at radius 1 is 1.10 bits per heavy atom. The minimum atomic E-state index is -0.792. The minimum absolute atomic E-state index is 0.296. The van der Waals surface area contributed by atoms with Crippen LogP contribution in [0, 0.1) is 5.92 Å². The van der Waals surface area contributed by atoms with E-state index >= 15 is 0 Å². The Kier molecular flexibility index (Phi) is 3.62. The number of hydrogen-bond donors (Lipinski definition) is 2. The van der Waals surface area contributed by atoms with Crippen LogP contribution >= 0.6 is 0 Å². The molecular formula is C17H18N2O2. The van der Waals surface area contributed by atoms with Gasteiger partial charge in [0.15, 0.2) is 0 Å². The molecule has 2 aromatic rings. The highest BCUT2D eigenvalue weighted by Gasteiger charge is 2.39. The average Bonchev–Trinajstić information content (AvgIpc) is 3.27. The van der Waals surface area contributed by atoms with E-state index in [0.29, 0.717) is 23.4 Å². The van der Waals surface area contributed by atoms with Crippen LogP contribution in [-0.4, -0.2) is 22.8 Å². The molecule has 1 saturated carbocycles. The molecule has 108 valence electrons. The molecule has 0 radical (unpaired) electrons. The molecule has 2 aromatic carbocycles. The largest absolute Gasteiger partial charge is 0.350 e. The summed E-state index contributed by atoms with van der Waals surface area (Å²) in [6, 6.07) is 17.9. The Hall–Kier alpha value is -2.33. The van der Waals surface area contributed by atoms with Crippen molar-refractivity contribution in [2.24, 2.45) is 11.7 Å². The number of amides is 2. The molecular weight excluding hydrogens is 264 g/mol. The Bertz CT molecular complexity index is 625. The number of nitrogens with two attached hydrogens (primary N) is 1. The fraction of sp³-hybridized carbons (Fsp3) is 0.235. The smallest absolute Gasteiger partial charge is 0.338 e. The van der Waals surface area contributed by atoms with Crippen molar-refractivity contribution in [3.8, 4) is 11.1 Å². The summed E-state index contributed by atoms with van der Waals surface area (Å²) in [5, 5.41) is 9.95. The third-order valence-corrected chi connectivity index (χ3v) is 4.03. The van der Waals surface area contributed by atoms with E-state index in [1.165, 1.54) is 16.7 Å². The van der Waals surface area contributed by atoms with Crippen molar-refractivity contribution < 1.29 is 10.0 Å². The molecule has 21 heavy (non-hydrogen) atoms. The zero-order chi connectivity index (χ0) is 14.8. The number of urea groups is 1. The molecule has 0 bridgehead atoms. The van der Waals surface area contributed by atoms with E-state index in [0.717, 1.165) is 6.42 Å². The van der Waals surface area contributed by atoms with Crippen LogP contribution in [-0.2, 0) is 0 Å². The predicted octanol–water partition coefficient (Wildman–Crippen LogP) is 3.23. The Morgan fingerprint density at radius 3 is 2.33 bits per heavy atom. The second-order valence-electron chi connectivity index (χ2n) is 5.51. The number of primary amides is 1. The van der Waals surface area contributed by atoms with E-state index in [1.807, 2.05) is 18.2 Å². The molecule has 4 nitrogen and oxygen atoms in total. The van der Waals surface area contributed by atoms with Gasteiger partial charge in [0.25, 0.3) is 0 Å².